The van der Waals surface area contributed by atoms with Gasteiger partial charge in [-0.25, -0.2) is 4.79 Å². The van der Waals surface area contributed by atoms with E-state index in [1.54, 1.807) is 18.5 Å². The normalized spacial score (nSPS) is 25.2. The molecule has 1 fully saturated rings. The molecule has 0 aromatic carbocycles. The average Bonchev–Trinajstić information content (AvgIpc) is 2.83. The molecule has 3 N–H and O–H groups in total. The summed E-state index contributed by atoms with van der Waals surface area (Å²) in [5.74, 6) is 0.202. The van der Waals surface area contributed by atoms with Gasteiger partial charge in [0.1, 0.15) is 5.82 Å². The Hall–Kier alpha value is -1.02. The third-order valence-corrected chi connectivity index (χ3v) is 2.53. The Bertz CT molecular complexity index is 483. The third-order valence-electron chi connectivity index (χ3n) is 2.53. The SMILES string of the molecule is [CH2-]C1(CO)CC1=Cn1ccc(N)nc1=O.[Li+]. The van der Waals surface area contributed by atoms with E-state index < -0.39 is 11.1 Å². The minimum atomic E-state index is -0.422. The Morgan fingerprint density at radius 1 is 1.75 bits per heavy atom. The molecule has 80 valence electrons. The largest absolute Gasteiger partial charge is 1.00 e. The first-order valence-corrected chi connectivity index (χ1v) is 4.57. The summed E-state index contributed by atoms with van der Waals surface area (Å²) < 4.78 is 1.34. The molecule has 0 radical (unpaired) electrons. The maximum atomic E-state index is 11.3. The van der Waals surface area contributed by atoms with Gasteiger partial charge in [0.05, 0.1) is 0 Å². The summed E-state index contributed by atoms with van der Waals surface area (Å²) in [6, 6.07) is 1.55. The molecule has 0 amide bonds. The smallest absolute Gasteiger partial charge is 0.398 e. The maximum absolute atomic E-state index is 11.3. The monoisotopic (exact) mass is 213 g/mol. The Balaban J connectivity index is 0.00000128. The van der Waals surface area contributed by atoms with Gasteiger partial charge in [-0.2, -0.15) is 4.98 Å². The molecule has 1 aliphatic rings. The molecule has 0 saturated heterocycles. The summed E-state index contributed by atoms with van der Waals surface area (Å²) >= 11 is 0. The summed E-state index contributed by atoms with van der Waals surface area (Å²) in [6.07, 6.45) is 3.91. The van der Waals surface area contributed by atoms with E-state index in [1.807, 2.05) is 0 Å². The van der Waals surface area contributed by atoms with Gasteiger partial charge in [-0.1, -0.05) is 5.57 Å². The van der Waals surface area contributed by atoms with E-state index in [4.69, 9.17) is 10.8 Å². The molecule has 0 bridgehead atoms. The number of nitrogens with zero attached hydrogens (tertiary/aromatic N) is 2. The van der Waals surface area contributed by atoms with Crippen LogP contribution in [0.2, 0.25) is 0 Å². The van der Waals surface area contributed by atoms with Crippen molar-refractivity contribution in [3.8, 4) is 0 Å². The number of aliphatic hydroxyl groups is 1. The number of nitrogen functional groups attached to an aromatic ring is 1. The van der Waals surface area contributed by atoms with Gasteiger partial charge in [0.15, 0.2) is 0 Å². The second-order valence-electron chi connectivity index (χ2n) is 3.81. The van der Waals surface area contributed by atoms with Gasteiger partial charge in [0.25, 0.3) is 0 Å². The van der Waals surface area contributed by atoms with Gasteiger partial charge in [-0.15, -0.1) is 5.41 Å². The van der Waals surface area contributed by atoms with E-state index in [0.717, 1.165) is 5.57 Å². The minimum Gasteiger partial charge on any atom is -0.398 e. The molecule has 6 heteroatoms. The quantitative estimate of drug-likeness (QED) is 0.402. The standard InChI is InChI=1S/C10H12N3O2.Li/c1-10(6-14)4-7(10)5-13-3-2-8(11)12-9(13)15;/h2-3,5,14H,1,4,6H2,(H2,11,12,15);/q-1;+1. The van der Waals surface area contributed by atoms with E-state index in [1.165, 1.54) is 4.57 Å². The van der Waals surface area contributed by atoms with E-state index in [9.17, 15) is 4.79 Å². The molecule has 1 aliphatic carbocycles. The van der Waals surface area contributed by atoms with Crippen LogP contribution < -0.4 is 30.3 Å². The topological polar surface area (TPSA) is 81.1 Å². The van der Waals surface area contributed by atoms with Crippen LogP contribution in [0.3, 0.4) is 0 Å². The number of anilines is 1. The zero-order valence-electron chi connectivity index (χ0n) is 9.18. The van der Waals surface area contributed by atoms with E-state index in [0.29, 0.717) is 6.42 Å². The Kier molecular flexibility index (Phi) is 3.63. The van der Waals surface area contributed by atoms with Gasteiger partial charge in [-0.3, -0.25) is 4.57 Å². The van der Waals surface area contributed by atoms with Crippen LogP contribution in [0.1, 0.15) is 6.42 Å². The van der Waals surface area contributed by atoms with Crippen molar-refractivity contribution >= 4 is 12.0 Å². The first-order valence-electron chi connectivity index (χ1n) is 4.57. The van der Waals surface area contributed by atoms with Gasteiger partial charge >= 0.3 is 24.6 Å². The van der Waals surface area contributed by atoms with Crippen molar-refractivity contribution in [2.45, 2.75) is 6.42 Å². The van der Waals surface area contributed by atoms with Crippen molar-refractivity contribution in [2.75, 3.05) is 12.3 Å². The summed E-state index contributed by atoms with van der Waals surface area (Å²) in [5, 5.41) is 9.00. The van der Waals surface area contributed by atoms with Crippen LogP contribution in [0.25, 0.3) is 6.20 Å². The number of hydrogen-bond donors (Lipinski definition) is 2. The summed E-state index contributed by atoms with van der Waals surface area (Å²) in [6.45, 7) is 3.84. The average molecular weight is 213 g/mol. The molecule has 1 aromatic rings. The van der Waals surface area contributed by atoms with Crippen LogP contribution in [0.15, 0.2) is 22.6 Å². The third kappa shape index (κ3) is 2.38. The molecule has 0 aliphatic heterocycles. The molecule has 1 aromatic heterocycles. The Labute approximate surface area is 105 Å². The summed E-state index contributed by atoms with van der Waals surface area (Å²) in [7, 11) is 0. The molecule has 1 atom stereocenters. The van der Waals surface area contributed by atoms with Crippen LogP contribution in [-0.2, 0) is 0 Å². The van der Waals surface area contributed by atoms with Gasteiger partial charge in [0, 0.05) is 19.0 Å². The van der Waals surface area contributed by atoms with Crippen LogP contribution in [-0.4, -0.2) is 21.3 Å². The van der Waals surface area contributed by atoms with Crippen LogP contribution in [0.5, 0.6) is 0 Å². The van der Waals surface area contributed by atoms with E-state index >= 15 is 0 Å². The van der Waals surface area contributed by atoms with Crippen molar-refractivity contribution in [1.82, 2.24) is 9.55 Å². The summed E-state index contributed by atoms with van der Waals surface area (Å²) in [4.78, 5) is 14.9. The zero-order chi connectivity index (χ0) is 11.1. The first-order chi connectivity index (χ1) is 7.05. The molecular weight excluding hydrogens is 201 g/mol. The van der Waals surface area contributed by atoms with Crippen molar-refractivity contribution in [1.29, 1.82) is 0 Å². The second kappa shape index (κ2) is 4.46. The predicted molar refractivity (Wildman–Crippen MR) is 56.7 cm³/mol. The second-order valence-corrected chi connectivity index (χ2v) is 3.81. The van der Waals surface area contributed by atoms with Crippen molar-refractivity contribution in [3.05, 3.63) is 35.2 Å². The van der Waals surface area contributed by atoms with Gasteiger partial charge in [0.2, 0.25) is 0 Å². The van der Waals surface area contributed by atoms with Gasteiger partial charge in [-0.05, 0) is 12.5 Å². The molecule has 1 unspecified atom stereocenters. The summed E-state index contributed by atoms with van der Waals surface area (Å²) in [5.41, 5.74) is 5.48. The molecule has 5 nitrogen and oxygen atoms in total. The number of aromatic nitrogens is 2. The van der Waals surface area contributed by atoms with Crippen molar-refractivity contribution < 1.29 is 24.0 Å². The number of hydrogen-bond acceptors (Lipinski definition) is 4. The van der Waals surface area contributed by atoms with Gasteiger partial charge < -0.3 is 17.8 Å². The fourth-order valence-corrected chi connectivity index (χ4v) is 1.35. The van der Waals surface area contributed by atoms with Crippen molar-refractivity contribution in [2.24, 2.45) is 5.41 Å². The number of aliphatic hydroxyl groups excluding tert-OH is 1. The predicted octanol–water partition coefficient (Wildman–Crippen LogP) is -3.11. The van der Waals surface area contributed by atoms with E-state index in [-0.39, 0.29) is 31.3 Å². The fraction of sp³-hybridized carbons (Fsp3) is 0.300. The Morgan fingerprint density at radius 2 is 2.44 bits per heavy atom. The van der Waals surface area contributed by atoms with E-state index in [2.05, 4.69) is 11.9 Å². The zero-order valence-corrected chi connectivity index (χ0v) is 9.18. The molecule has 1 saturated carbocycles. The van der Waals surface area contributed by atoms with Crippen molar-refractivity contribution in [3.63, 3.8) is 0 Å². The van der Waals surface area contributed by atoms with Crippen LogP contribution >= 0.6 is 0 Å². The molecular formula is C10H12LiN3O2. The molecule has 2 rings (SSSR count). The molecule has 16 heavy (non-hydrogen) atoms. The molecule has 0 spiro atoms. The maximum Gasteiger partial charge on any atom is 1.00 e. The number of rotatable bonds is 2. The van der Waals surface area contributed by atoms with Crippen LogP contribution in [0, 0.1) is 12.3 Å². The number of nitrogens with two attached hydrogens (primary N) is 1. The van der Waals surface area contributed by atoms with Crippen LogP contribution in [0.4, 0.5) is 5.82 Å². The Morgan fingerprint density at radius 3 is 2.94 bits per heavy atom. The fourth-order valence-electron chi connectivity index (χ4n) is 1.35. The minimum absolute atomic E-state index is 0. The first kappa shape index (κ1) is 13.0. The molecule has 1 heterocycles.